The van der Waals surface area contributed by atoms with E-state index >= 15 is 0 Å². The summed E-state index contributed by atoms with van der Waals surface area (Å²) in [6, 6.07) is 4.50. The monoisotopic (exact) mass is 310 g/mol. The number of aromatic nitrogens is 2. The fraction of sp³-hybridized carbons (Fsp3) is 0.231. The van der Waals surface area contributed by atoms with Crippen molar-refractivity contribution in [2.24, 2.45) is 0 Å². The van der Waals surface area contributed by atoms with Gasteiger partial charge in [0.15, 0.2) is 0 Å². The highest BCUT2D eigenvalue weighted by Gasteiger charge is 2.21. The summed E-state index contributed by atoms with van der Waals surface area (Å²) in [4.78, 5) is 12.4. The summed E-state index contributed by atoms with van der Waals surface area (Å²) >= 11 is 3.27. The second kappa shape index (κ2) is 5.02. The van der Waals surface area contributed by atoms with Crippen molar-refractivity contribution in [1.29, 1.82) is 0 Å². The van der Waals surface area contributed by atoms with Crippen LogP contribution >= 0.6 is 15.9 Å². The molecule has 3 nitrogen and oxygen atoms in total. The molecule has 0 N–H and O–H groups in total. The van der Waals surface area contributed by atoms with Crippen LogP contribution in [0.2, 0.25) is 0 Å². The van der Waals surface area contributed by atoms with Crippen molar-refractivity contribution >= 4 is 21.7 Å². The number of carbonyl (C=O) groups excluding carboxylic acids is 1. The Balaban J connectivity index is 2.54. The van der Waals surface area contributed by atoms with Gasteiger partial charge in [-0.3, -0.25) is 9.48 Å². The first-order chi connectivity index (χ1) is 8.54. The fourth-order valence-corrected chi connectivity index (χ4v) is 2.24. The molecule has 0 saturated carbocycles. The van der Waals surface area contributed by atoms with Crippen LogP contribution in [0.3, 0.4) is 0 Å². The molecule has 94 valence electrons. The number of hydrogen-bond acceptors (Lipinski definition) is 2. The van der Waals surface area contributed by atoms with Gasteiger partial charge in [0.1, 0.15) is 11.5 Å². The second-order valence-corrected chi connectivity index (χ2v) is 4.82. The Morgan fingerprint density at radius 2 is 2.22 bits per heavy atom. The average Bonchev–Trinajstić information content (AvgIpc) is 2.72. The molecule has 0 radical (unpaired) electrons. The van der Waals surface area contributed by atoms with E-state index in [1.165, 1.54) is 6.07 Å². The van der Waals surface area contributed by atoms with E-state index in [1.807, 2.05) is 13.8 Å². The van der Waals surface area contributed by atoms with Gasteiger partial charge in [-0.25, -0.2) is 4.39 Å². The number of benzene rings is 1. The first-order valence-electron chi connectivity index (χ1n) is 5.56. The van der Waals surface area contributed by atoms with E-state index in [1.54, 1.807) is 23.0 Å². The van der Waals surface area contributed by atoms with Crippen molar-refractivity contribution in [3.63, 3.8) is 0 Å². The molecule has 0 aliphatic rings. The van der Waals surface area contributed by atoms with Crippen LogP contribution < -0.4 is 0 Å². The Morgan fingerprint density at radius 3 is 2.89 bits per heavy atom. The smallest absolute Gasteiger partial charge is 0.215 e. The standard InChI is InChI=1S/C13H12BrFN2O/c1-3-17-12(10(14)7-16-17)13(18)9-6-8(2)4-5-11(9)15/h4-7H,3H2,1-2H3. The number of carbonyl (C=O) groups is 1. The highest BCUT2D eigenvalue weighted by atomic mass is 79.9. The second-order valence-electron chi connectivity index (χ2n) is 3.97. The largest absolute Gasteiger partial charge is 0.287 e. The normalized spacial score (nSPS) is 10.7. The topological polar surface area (TPSA) is 34.9 Å². The highest BCUT2D eigenvalue weighted by molar-refractivity contribution is 9.10. The number of ketones is 1. The van der Waals surface area contributed by atoms with Crippen molar-refractivity contribution in [3.8, 4) is 0 Å². The molecule has 0 unspecified atom stereocenters. The summed E-state index contributed by atoms with van der Waals surface area (Å²) in [6.07, 6.45) is 1.55. The van der Waals surface area contributed by atoms with Gasteiger partial charge in [-0.05, 0) is 41.9 Å². The minimum atomic E-state index is -0.513. The third kappa shape index (κ3) is 2.22. The first kappa shape index (κ1) is 13.0. The molecule has 2 rings (SSSR count). The molecule has 18 heavy (non-hydrogen) atoms. The Labute approximate surface area is 113 Å². The van der Waals surface area contributed by atoms with Crippen molar-refractivity contribution in [1.82, 2.24) is 9.78 Å². The number of hydrogen-bond donors (Lipinski definition) is 0. The maximum absolute atomic E-state index is 13.7. The molecular weight excluding hydrogens is 299 g/mol. The van der Waals surface area contributed by atoms with Gasteiger partial charge >= 0.3 is 0 Å². The van der Waals surface area contributed by atoms with Crippen LogP contribution in [0.25, 0.3) is 0 Å². The Bertz CT molecular complexity index is 607. The lowest BCUT2D eigenvalue weighted by molar-refractivity contribution is 0.102. The van der Waals surface area contributed by atoms with Gasteiger partial charge in [0.25, 0.3) is 0 Å². The zero-order chi connectivity index (χ0) is 13.3. The van der Waals surface area contributed by atoms with E-state index < -0.39 is 5.82 Å². The quantitative estimate of drug-likeness (QED) is 0.815. The minimum Gasteiger partial charge on any atom is -0.287 e. The van der Waals surface area contributed by atoms with E-state index in [-0.39, 0.29) is 11.3 Å². The molecule has 0 fully saturated rings. The number of rotatable bonds is 3. The Kier molecular flexibility index (Phi) is 3.61. The van der Waals surface area contributed by atoms with Crippen LogP contribution in [0.4, 0.5) is 4.39 Å². The predicted octanol–water partition coefficient (Wildman–Crippen LogP) is 3.34. The molecule has 0 saturated heterocycles. The molecule has 1 aromatic carbocycles. The molecular formula is C13H12BrFN2O. The summed E-state index contributed by atoms with van der Waals surface area (Å²) < 4.78 is 15.8. The van der Waals surface area contributed by atoms with E-state index in [0.717, 1.165) is 5.56 Å². The molecule has 0 aliphatic carbocycles. The van der Waals surface area contributed by atoms with Gasteiger partial charge in [-0.1, -0.05) is 11.6 Å². The summed E-state index contributed by atoms with van der Waals surface area (Å²) in [6.45, 7) is 4.26. The molecule has 2 aromatic rings. The zero-order valence-corrected chi connectivity index (χ0v) is 11.7. The molecule has 0 aliphatic heterocycles. The van der Waals surface area contributed by atoms with Crippen molar-refractivity contribution < 1.29 is 9.18 Å². The highest BCUT2D eigenvalue weighted by Crippen LogP contribution is 2.22. The third-order valence-electron chi connectivity index (χ3n) is 2.68. The van der Waals surface area contributed by atoms with Crippen LogP contribution in [0, 0.1) is 12.7 Å². The summed E-state index contributed by atoms with van der Waals surface area (Å²) in [5.41, 5.74) is 1.30. The molecule has 0 spiro atoms. The Hall–Kier alpha value is -1.49. The summed E-state index contributed by atoms with van der Waals surface area (Å²) in [5.74, 6) is -0.872. The van der Waals surface area contributed by atoms with Crippen molar-refractivity contribution in [2.75, 3.05) is 0 Å². The molecule has 0 amide bonds. The first-order valence-corrected chi connectivity index (χ1v) is 6.36. The zero-order valence-electron chi connectivity index (χ0n) is 10.1. The lowest BCUT2D eigenvalue weighted by Crippen LogP contribution is -2.12. The van der Waals surface area contributed by atoms with Crippen LogP contribution in [0.15, 0.2) is 28.9 Å². The van der Waals surface area contributed by atoms with Gasteiger partial charge in [0, 0.05) is 6.54 Å². The fourth-order valence-electron chi connectivity index (χ4n) is 1.77. The third-order valence-corrected chi connectivity index (χ3v) is 3.26. The van der Waals surface area contributed by atoms with Crippen LogP contribution in [0.1, 0.15) is 28.5 Å². The van der Waals surface area contributed by atoms with Gasteiger partial charge in [0.2, 0.25) is 5.78 Å². The SMILES string of the molecule is CCn1ncc(Br)c1C(=O)c1cc(C)ccc1F. The molecule has 5 heteroatoms. The summed E-state index contributed by atoms with van der Waals surface area (Å²) in [7, 11) is 0. The molecule has 0 bridgehead atoms. The van der Waals surface area contributed by atoms with E-state index in [2.05, 4.69) is 21.0 Å². The molecule has 0 atom stereocenters. The van der Waals surface area contributed by atoms with E-state index in [0.29, 0.717) is 16.7 Å². The molecule has 1 aromatic heterocycles. The number of aryl methyl sites for hydroxylation is 2. The van der Waals surface area contributed by atoms with Crippen LogP contribution in [0.5, 0.6) is 0 Å². The van der Waals surface area contributed by atoms with Crippen molar-refractivity contribution in [2.45, 2.75) is 20.4 Å². The van der Waals surface area contributed by atoms with Gasteiger partial charge in [-0.15, -0.1) is 0 Å². The van der Waals surface area contributed by atoms with Crippen LogP contribution in [-0.4, -0.2) is 15.6 Å². The van der Waals surface area contributed by atoms with Crippen LogP contribution in [-0.2, 0) is 6.54 Å². The van der Waals surface area contributed by atoms with E-state index in [9.17, 15) is 9.18 Å². The van der Waals surface area contributed by atoms with Gasteiger partial charge in [0.05, 0.1) is 16.2 Å². The number of nitrogens with zero attached hydrogens (tertiary/aromatic N) is 2. The molecule has 1 heterocycles. The van der Waals surface area contributed by atoms with Gasteiger partial charge in [-0.2, -0.15) is 5.10 Å². The van der Waals surface area contributed by atoms with Gasteiger partial charge < -0.3 is 0 Å². The number of halogens is 2. The Morgan fingerprint density at radius 1 is 1.50 bits per heavy atom. The van der Waals surface area contributed by atoms with Crippen molar-refractivity contribution in [3.05, 3.63) is 51.5 Å². The predicted molar refractivity (Wildman–Crippen MR) is 70.2 cm³/mol. The minimum absolute atomic E-state index is 0.0749. The average molecular weight is 311 g/mol. The lowest BCUT2D eigenvalue weighted by Gasteiger charge is -2.06. The maximum Gasteiger partial charge on any atom is 0.215 e. The van der Waals surface area contributed by atoms with E-state index in [4.69, 9.17) is 0 Å². The lowest BCUT2D eigenvalue weighted by atomic mass is 10.0. The summed E-state index contributed by atoms with van der Waals surface area (Å²) in [5, 5.41) is 4.06. The maximum atomic E-state index is 13.7.